The summed E-state index contributed by atoms with van der Waals surface area (Å²) in [6.45, 7) is 4.72. The molecule has 9 heteroatoms. The lowest BCUT2D eigenvalue weighted by Gasteiger charge is -2.28. The average molecular weight is 579 g/mol. The Morgan fingerprint density at radius 3 is 2.40 bits per heavy atom. The van der Waals surface area contributed by atoms with Gasteiger partial charge in [0.2, 0.25) is 5.91 Å². The first-order valence-corrected chi connectivity index (χ1v) is 14.7. The monoisotopic (exact) mass is 578 g/mol. The van der Waals surface area contributed by atoms with E-state index in [0.29, 0.717) is 21.9 Å². The molecule has 2 N–H and O–H groups in total. The summed E-state index contributed by atoms with van der Waals surface area (Å²) in [7, 11) is 0. The Morgan fingerprint density at radius 2 is 1.69 bits per heavy atom. The molecule has 3 aromatic carbocycles. The number of hydrogen-bond donors (Lipinski definition) is 2. The number of rotatable bonds is 8. The molecule has 2 aliphatic heterocycles. The number of morpholine rings is 1. The number of ketones is 1. The van der Waals surface area contributed by atoms with Crippen LogP contribution in [-0.4, -0.2) is 50.1 Å². The summed E-state index contributed by atoms with van der Waals surface area (Å²) in [6, 6.07) is 25.1. The van der Waals surface area contributed by atoms with Crippen molar-refractivity contribution < 1.29 is 19.1 Å². The first kappa shape index (κ1) is 27.6. The van der Waals surface area contributed by atoms with Crippen molar-refractivity contribution in [2.75, 3.05) is 41.8 Å². The molecule has 212 valence electrons. The predicted octanol–water partition coefficient (Wildman–Crippen LogP) is 6.07. The van der Waals surface area contributed by atoms with Gasteiger partial charge >= 0.3 is 0 Å². The summed E-state index contributed by atoms with van der Waals surface area (Å²) in [5.74, 6) is -0.839. The molecule has 1 fully saturated rings. The molecule has 0 spiro atoms. The lowest BCUT2D eigenvalue weighted by Crippen LogP contribution is -2.36. The largest absolute Gasteiger partial charge is 0.378 e. The van der Waals surface area contributed by atoms with Crippen LogP contribution in [0.1, 0.15) is 48.9 Å². The summed E-state index contributed by atoms with van der Waals surface area (Å²) < 4.78 is 5.43. The zero-order chi connectivity index (χ0) is 29.1. The van der Waals surface area contributed by atoms with Crippen molar-refractivity contribution in [1.29, 1.82) is 0 Å². The van der Waals surface area contributed by atoms with Gasteiger partial charge in [-0.15, -0.1) is 11.3 Å². The molecular weight excluding hydrogens is 548 g/mol. The number of fused-ring (bicyclic) bond motifs is 1. The minimum Gasteiger partial charge on any atom is -0.378 e. The molecular formula is C33H30N4O4S. The van der Waals surface area contributed by atoms with E-state index in [2.05, 4.69) is 38.7 Å². The van der Waals surface area contributed by atoms with Gasteiger partial charge < -0.3 is 20.3 Å². The Labute approximate surface area is 248 Å². The van der Waals surface area contributed by atoms with Gasteiger partial charge in [0.25, 0.3) is 5.91 Å². The molecule has 0 bridgehead atoms. The van der Waals surface area contributed by atoms with Crippen LogP contribution in [0.2, 0.25) is 0 Å². The van der Waals surface area contributed by atoms with Crippen LogP contribution < -0.4 is 15.5 Å². The normalized spacial score (nSPS) is 16.4. The van der Waals surface area contributed by atoms with Gasteiger partial charge in [0.05, 0.1) is 28.7 Å². The van der Waals surface area contributed by atoms with Crippen molar-refractivity contribution in [3.05, 3.63) is 105 Å². The number of carbonyl (C=O) groups excluding carboxylic acids is 3. The topological polar surface area (TPSA) is 100 Å². The molecule has 1 atom stereocenters. The summed E-state index contributed by atoms with van der Waals surface area (Å²) in [5.41, 5.74) is 6.50. The van der Waals surface area contributed by atoms with Gasteiger partial charge in [0.1, 0.15) is 5.92 Å². The number of ether oxygens (including phenoxy) is 1. The zero-order valence-electron chi connectivity index (χ0n) is 23.1. The van der Waals surface area contributed by atoms with Crippen LogP contribution >= 0.6 is 11.3 Å². The second-order valence-corrected chi connectivity index (χ2v) is 11.4. The molecule has 2 amide bonds. The number of amides is 2. The highest BCUT2D eigenvalue weighted by molar-refractivity contribution is 7.16. The van der Waals surface area contributed by atoms with E-state index >= 15 is 0 Å². The molecule has 3 heterocycles. The summed E-state index contributed by atoms with van der Waals surface area (Å²) in [5, 5.41) is 5.85. The van der Waals surface area contributed by atoms with E-state index in [0.717, 1.165) is 60.1 Å². The number of benzene rings is 3. The van der Waals surface area contributed by atoms with Crippen LogP contribution in [-0.2, 0) is 16.0 Å². The number of aliphatic imine (C=N–C) groups is 1. The molecule has 0 aliphatic carbocycles. The minimum absolute atomic E-state index is 0.0527. The van der Waals surface area contributed by atoms with E-state index < -0.39 is 5.92 Å². The quantitative estimate of drug-likeness (QED) is 0.195. The number of nitrogens with one attached hydrogen (secondary N) is 2. The Kier molecular flexibility index (Phi) is 7.94. The zero-order valence-corrected chi connectivity index (χ0v) is 23.9. The fraction of sp³-hybridized carbons (Fsp3) is 0.212. The van der Waals surface area contributed by atoms with Crippen molar-refractivity contribution in [3.8, 4) is 0 Å². The Morgan fingerprint density at radius 1 is 0.976 bits per heavy atom. The van der Waals surface area contributed by atoms with Crippen LogP contribution in [0.15, 0.2) is 83.9 Å². The van der Waals surface area contributed by atoms with Crippen molar-refractivity contribution in [1.82, 2.24) is 0 Å². The fourth-order valence-corrected chi connectivity index (χ4v) is 5.90. The molecule has 1 aromatic heterocycles. The van der Waals surface area contributed by atoms with E-state index in [1.807, 2.05) is 48.5 Å². The molecule has 2 aliphatic rings. The van der Waals surface area contributed by atoms with Crippen LogP contribution in [0.25, 0.3) is 0 Å². The van der Waals surface area contributed by atoms with Gasteiger partial charge in [-0.05, 0) is 84.6 Å². The SMILES string of the molecule is CC(=O)c1ccc(C(=O)Nc2ccc(Cc3ccc4c(c3)C(C=Nc3ccc(N5CCOCC5)cc3)C(=O)N4)cc2)s1. The second-order valence-electron chi connectivity index (χ2n) is 10.3. The third-order valence-corrected chi connectivity index (χ3v) is 8.57. The Balaban J connectivity index is 1.10. The standard InChI is InChI=1S/C33H30N4O4S/c1-21(38)30-12-13-31(42-30)33(40)35-25-5-2-22(3-6-25)18-23-4-11-29-27(19-23)28(32(39)36-29)20-34-24-7-9-26(10-8-24)37-14-16-41-17-15-37/h2-13,19-20,28H,14-18H2,1H3,(H,35,40)(H,36,39). The molecule has 1 saturated heterocycles. The van der Waals surface area contributed by atoms with Crippen LogP contribution in [0.4, 0.5) is 22.7 Å². The Hall–Kier alpha value is -4.60. The maximum Gasteiger partial charge on any atom is 0.265 e. The molecule has 42 heavy (non-hydrogen) atoms. The number of nitrogens with zero attached hydrogens (tertiary/aromatic N) is 2. The molecule has 1 unspecified atom stereocenters. The maximum atomic E-state index is 12.8. The molecule has 0 saturated carbocycles. The van der Waals surface area contributed by atoms with Crippen molar-refractivity contribution >= 4 is 57.9 Å². The van der Waals surface area contributed by atoms with E-state index in [9.17, 15) is 14.4 Å². The third-order valence-electron chi connectivity index (χ3n) is 7.39. The first-order chi connectivity index (χ1) is 20.4. The smallest absolute Gasteiger partial charge is 0.265 e. The average Bonchev–Trinajstić information content (AvgIpc) is 3.63. The van der Waals surface area contributed by atoms with E-state index in [4.69, 9.17) is 4.74 Å². The number of carbonyl (C=O) groups is 3. The van der Waals surface area contributed by atoms with E-state index in [1.165, 1.54) is 18.3 Å². The van der Waals surface area contributed by atoms with Crippen LogP contribution in [0.3, 0.4) is 0 Å². The minimum atomic E-state index is -0.461. The lowest BCUT2D eigenvalue weighted by molar-refractivity contribution is -0.115. The number of Topliss-reactive ketones (excluding diaryl/α,β-unsaturated/α-hetero) is 1. The lowest BCUT2D eigenvalue weighted by atomic mass is 9.96. The number of anilines is 3. The summed E-state index contributed by atoms with van der Waals surface area (Å²) >= 11 is 1.19. The highest BCUT2D eigenvalue weighted by Gasteiger charge is 2.29. The van der Waals surface area contributed by atoms with Gasteiger partial charge in [0.15, 0.2) is 5.78 Å². The highest BCUT2D eigenvalue weighted by atomic mass is 32.1. The maximum absolute atomic E-state index is 12.8. The third kappa shape index (κ3) is 6.17. The summed E-state index contributed by atoms with van der Waals surface area (Å²) in [6.07, 6.45) is 2.40. The van der Waals surface area contributed by atoms with E-state index in [-0.39, 0.29) is 17.6 Å². The van der Waals surface area contributed by atoms with Gasteiger partial charge in [-0.2, -0.15) is 0 Å². The summed E-state index contributed by atoms with van der Waals surface area (Å²) in [4.78, 5) is 44.8. The molecule has 8 nitrogen and oxygen atoms in total. The molecule has 4 aromatic rings. The number of hydrogen-bond acceptors (Lipinski definition) is 7. The first-order valence-electron chi connectivity index (χ1n) is 13.8. The van der Waals surface area contributed by atoms with Gasteiger partial charge in [-0.1, -0.05) is 24.3 Å². The fourth-order valence-electron chi connectivity index (χ4n) is 5.11. The predicted molar refractivity (Wildman–Crippen MR) is 167 cm³/mol. The number of thiophene rings is 1. The van der Waals surface area contributed by atoms with Gasteiger partial charge in [-0.3, -0.25) is 19.4 Å². The van der Waals surface area contributed by atoms with E-state index in [1.54, 1.807) is 18.3 Å². The van der Waals surface area contributed by atoms with Crippen molar-refractivity contribution in [2.24, 2.45) is 4.99 Å². The molecule has 6 rings (SSSR count). The Bertz CT molecular complexity index is 1650. The van der Waals surface area contributed by atoms with Crippen molar-refractivity contribution in [3.63, 3.8) is 0 Å². The van der Waals surface area contributed by atoms with Crippen LogP contribution in [0, 0.1) is 0 Å². The van der Waals surface area contributed by atoms with Crippen molar-refractivity contribution in [2.45, 2.75) is 19.3 Å². The molecule has 0 radical (unpaired) electrons. The van der Waals surface area contributed by atoms with Gasteiger partial charge in [-0.25, -0.2) is 0 Å². The van der Waals surface area contributed by atoms with Crippen LogP contribution in [0.5, 0.6) is 0 Å². The second kappa shape index (κ2) is 12.1. The van der Waals surface area contributed by atoms with Gasteiger partial charge in [0, 0.05) is 36.4 Å². The highest BCUT2D eigenvalue weighted by Crippen LogP contribution is 2.33.